The number of rotatable bonds is 2. The largest absolute Gasteiger partial charge is 0.400 e. The summed E-state index contributed by atoms with van der Waals surface area (Å²) in [5, 5.41) is 11.6. The summed E-state index contributed by atoms with van der Waals surface area (Å²) in [6.45, 7) is 7.51. The van der Waals surface area contributed by atoms with E-state index < -0.39 is 0 Å². The van der Waals surface area contributed by atoms with Gasteiger partial charge in [0.25, 0.3) is 0 Å². The van der Waals surface area contributed by atoms with Crippen LogP contribution in [0.3, 0.4) is 0 Å². The summed E-state index contributed by atoms with van der Waals surface area (Å²) >= 11 is 0. The molecule has 4 heteroatoms. The number of nitrogens with two attached hydrogens (primary N) is 2. The Morgan fingerprint density at radius 3 is 1.89 bits per heavy atom. The molecule has 0 aliphatic carbocycles. The number of hydrogen-bond donors (Lipinski definition) is 2. The molecule has 28 heavy (non-hydrogen) atoms. The zero-order valence-electron chi connectivity index (χ0n) is 15.0. The molecule has 4 aromatic rings. The third kappa shape index (κ3) is 2.80. The van der Waals surface area contributed by atoms with Crippen LogP contribution in [0.1, 0.15) is 5.56 Å². The molecule has 0 spiro atoms. The zero-order chi connectivity index (χ0) is 19.7. The Labute approximate surface area is 163 Å². The minimum absolute atomic E-state index is 0.517. The molecule has 0 atom stereocenters. The van der Waals surface area contributed by atoms with Crippen molar-refractivity contribution < 1.29 is 0 Å². The maximum atomic E-state index is 9.55. The number of nitriles is 1. The highest BCUT2D eigenvalue weighted by molar-refractivity contribution is 6.06. The lowest BCUT2D eigenvalue weighted by molar-refractivity contribution is 1.48. The van der Waals surface area contributed by atoms with Gasteiger partial charge in [-0.3, -0.25) is 0 Å². The Balaban J connectivity index is 2.02. The molecule has 0 aliphatic heterocycles. The van der Waals surface area contributed by atoms with Gasteiger partial charge in [-0.2, -0.15) is 5.26 Å². The van der Waals surface area contributed by atoms with E-state index in [1.807, 2.05) is 48.5 Å². The van der Waals surface area contributed by atoms with Gasteiger partial charge < -0.3 is 11.5 Å². The van der Waals surface area contributed by atoms with Crippen molar-refractivity contribution in [3.63, 3.8) is 0 Å². The highest BCUT2D eigenvalue weighted by Gasteiger charge is 2.13. The van der Waals surface area contributed by atoms with Gasteiger partial charge in [0.15, 0.2) is 5.69 Å². The molecule has 4 rings (SSSR count). The van der Waals surface area contributed by atoms with Crippen molar-refractivity contribution in [3.8, 4) is 28.3 Å². The molecule has 0 bridgehead atoms. The molecular formula is C24H16N4. The Hall–Kier alpha value is -4.28. The van der Waals surface area contributed by atoms with Crippen molar-refractivity contribution in [2.75, 3.05) is 11.5 Å². The second kappa shape index (κ2) is 6.79. The van der Waals surface area contributed by atoms with Crippen LogP contribution < -0.4 is 11.5 Å². The van der Waals surface area contributed by atoms with Gasteiger partial charge >= 0.3 is 0 Å². The zero-order valence-corrected chi connectivity index (χ0v) is 15.0. The van der Waals surface area contributed by atoms with Crippen LogP contribution in [0, 0.1) is 17.9 Å². The molecular weight excluding hydrogens is 344 g/mol. The first kappa shape index (κ1) is 17.1. The number of benzene rings is 4. The van der Waals surface area contributed by atoms with Crippen molar-refractivity contribution in [1.82, 2.24) is 0 Å². The summed E-state index contributed by atoms with van der Waals surface area (Å²) in [6, 6.07) is 25.0. The molecule has 4 nitrogen and oxygen atoms in total. The molecule has 0 saturated carbocycles. The monoisotopic (exact) mass is 360 g/mol. The molecule has 0 fully saturated rings. The predicted molar refractivity (Wildman–Crippen MR) is 115 cm³/mol. The molecule has 0 amide bonds. The van der Waals surface area contributed by atoms with Crippen molar-refractivity contribution in [2.24, 2.45) is 0 Å². The number of nitrogen functional groups attached to an aromatic ring is 2. The summed E-state index contributed by atoms with van der Waals surface area (Å²) in [5.74, 6) is 0. The molecule has 0 aromatic heterocycles. The molecule has 132 valence electrons. The van der Waals surface area contributed by atoms with E-state index in [2.05, 4.69) is 10.9 Å². The first-order valence-corrected chi connectivity index (χ1v) is 8.71. The van der Waals surface area contributed by atoms with Crippen LogP contribution in [0.4, 0.5) is 17.1 Å². The van der Waals surface area contributed by atoms with E-state index in [-0.39, 0.29) is 0 Å². The Morgan fingerprint density at radius 1 is 0.714 bits per heavy atom. The van der Waals surface area contributed by atoms with Crippen LogP contribution in [0.5, 0.6) is 0 Å². The molecule has 0 aliphatic rings. The van der Waals surface area contributed by atoms with Crippen LogP contribution in [0.15, 0.2) is 72.8 Å². The smallest absolute Gasteiger partial charge is 0.196 e. The minimum Gasteiger partial charge on any atom is -0.400 e. The number of anilines is 2. The van der Waals surface area contributed by atoms with E-state index in [0.29, 0.717) is 22.6 Å². The summed E-state index contributed by atoms with van der Waals surface area (Å²) in [7, 11) is 0. The van der Waals surface area contributed by atoms with E-state index in [9.17, 15) is 5.26 Å². The van der Waals surface area contributed by atoms with Gasteiger partial charge in [-0.05, 0) is 51.7 Å². The van der Waals surface area contributed by atoms with Gasteiger partial charge in [-0.15, -0.1) is 0 Å². The molecule has 0 unspecified atom stereocenters. The van der Waals surface area contributed by atoms with E-state index >= 15 is 0 Å². The predicted octanol–water partition coefficient (Wildman–Crippen LogP) is 5.76. The third-order valence-corrected chi connectivity index (χ3v) is 4.81. The van der Waals surface area contributed by atoms with Crippen LogP contribution >= 0.6 is 0 Å². The molecule has 0 heterocycles. The standard InChI is InChI=1S/C24H16N4/c1-28-24-13-17(27)9-11-23(24)22-7-3-5-20-19(4-2-6-21(20)22)18-10-8-16(26)12-15(18)14-25/h2-13H,26-27H2. The van der Waals surface area contributed by atoms with Crippen molar-refractivity contribution in [1.29, 1.82) is 5.26 Å². The fourth-order valence-corrected chi connectivity index (χ4v) is 3.54. The van der Waals surface area contributed by atoms with E-state index in [4.69, 9.17) is 18.0 Å². The van der Waals surface area contributed by atoms with Crippen molar-refractivity contribution >= 4 is 27.8 Å². The van der Waals surface area contributed by atoms with Gasteiger partial charge in [0.05, 0.1) is 18.2 Å². The molecule has 0 radical (unpaired) electrons. The van der Waals surface area contributed by atoms with Crippen LogP contribution in [-0.2, 0) is 0 Å². The lowest BCUT2D eigenvalue weighted by Crippen LogP contribution is -1.91. The van der Waals surface area contributed by atoms with E-state index in [1.54, 1.807) is 24.3 Å². The van der Waals surface area contributed by atoms with Gasteiger partial charge in [-0.25, -0.2) is 4.85 Å². The second-order valence-corrected chi connectivity index (χ2v) is 6.51. The number of nitrogens with zero attached hydrogens (tertiary/aromatic N) is 2. The van der Waals surface area contributed by atoms with Crippen LogP contribution in [-0.4, -0.2) is 0 Å². The first-order valence-electron chi connectivity index (χ1n) is 8.71. The Bertz CT molecular complexity index is 1200. The topological polar surface area (TPSA) is 80.2 Å². The van der Waals surface area contributed by atoms with Crippen molar-refractivity contribution in [3.05, 3.63) is 89.8 Å². The third-order valence-electron chi connectivity index (χ3n) is 4.81. The van der Waals surface area contributed by atoms with Crippen LogP contribution in [0.25, 0.3) is 37.9 Å². The highest BCUT2D eigenvalue weighted by atomic mass is 14.7. The first-order chi connectivity index (χ1) is 13.6. The lowest BCUT2D eigenvalue weighted by Gasteiger charge is -2.13. The summed E-state index contributed by atoms with van der Waals surface area (Å²) < 4.78 is 0. The molecule has 0 saturated heterocycles. The fourth-order valence-electron chi connectivity index (χ4n) is 3.54. The normalized spacial score (nSPS) is 10.4. The van der Waals surface area contributed by atoms with Gasteiger partial charge in [0.2, 0.25) is 0 Å². The summed E-state index contributed by atoms with van der Waals surface area (Å²) in [6.07, 6.45) is 0. The number of fused-ring (bicyclic) bond motifs is 1. The van der Waals surface area contributed by atoms with Crippen LogP contribution in [0.2, 0.25) is 0 Å². The summed E-state index contributed by atoms with van der Waals surface area (Å²) in [5.41, 5.74) is 17.5. The Morgan fingerprint density at radius 2 is 1.29 bits per heavy atom. The number of hydrogen-bond acceptors (Lipinski definition) is 3. The van der Waals surface area contributed by atoms with Crippen molar-refractivity contribution in [2.45, 2.75) is 0 Å². The average molecular weight is 360 g/mol. The van der Waals surface area contributed by atoms with E-state index in [0.717, 1.165) is 33.0 Å². The molecule has 4 N–H and O–H groups in total. The average Bonchev–Trinajstić information content (AvgIpc) is 2.73. The maximum absolute atomic E-state index is 9.55. The minimum atomic E-state index is 0.517. The summed E-state index contributed by atoms with van der Waals surface area (Å²) in [4.78, 5) is 3.65. The van der Waals surface area contributed by atoms with E-state index in [1.165, 1.54) is 0 Å². The van der Waals surface area contributed by atoms with Gasteiger partial charge in [0.1, 0.15) is 0 Å². The SMILES string of the molecule is [C-]#[N+]c1cc(N)ccc1-c1cccc2c(-c3ccc(N)cc3C#N)cccc12. The highest BCUT2D eigenvalue weighted by Crippen LogP contribution is 2.39. The van der Waals surface area contributed by atoms with Gasteiger partial charge in [0, 0.05) is 16.9 Å². The quantitative estimate of drug-likeness (QED) is 0.352. The van der Waals surface area contributed by atoms with Gasteiger partial charge in [-0.1, -0.05) is 48.5 Å². The Kier molecular flexibility index (Phi) is 4.16. The lowest BCUT2D eigenvalue weighted by atomic mass is 9.90. The maximum Gasteiger partial charge on any atom is 0.196 e. The fraction of sp³-hybridized carbons (Fsp3) is 0. The molecule has 4 aromatic carbocycles. The second-order valence-electron chi connectivity index (χ2n) is 6.51.